The van der Waals surface area contributed by atoms with Crippen molar-refractivity contribution >= 4 is 28.2 Å². The van der Waals surface area contributed by atoms with Crippen LogP contribution in [0.15, 0.2) is 11.6 Å². The van der Waals surface area contributed by atoms with Gasteiger partial charge >= 0.3 is 6.09 Å². The van der Waals surface area contributed by atoms with E-state index < -0.39 is 0 Å². The molecule has 0 radical (unpaired) electrons. The number of hydrogen-bond acceptors (Lipinski definition) is 6. The van der Waals surface area contributed by atoms with Gasteiger partial charge in [-0.3, -0.25) is 4.40 Å². The van der Waals surface area contributed by atoms with Gasteiger partial charge in [-0.15, -0.1) is 11.3 Å². The molecule has 8 heteroatoms. The molecule has 0 spiro atoms. The molecule has 1 amide bonds. The van der Waals surface area contributed by atoms with Crippen molar-refractivity contribution in [2.24, 2.45) is 5.73 Å². The third kappa shape index (κ3) is 2.20. The van der Waals surface area contributed by atoms with Crippen molar-refractivity contribution in [3.8, 4) is 0 Å². The number of methoxy groups -OCH3 is 1. The number of imidazole rings is 1. The minimum Gasteiger partial charge on any atom is -0.453 e. The van der Waals surface area contributed by atoms with E-state index in [-0.39, 0.29) is 12.1 Å². The van der Waals surface area contributed by atoms with Gasteiger partial charge in [-0.2, -0.15) is 0 Å². The molecule has 2 aromatic heterocycles. The molecule has 3 rings (SSSR count). The van der Waals surface area contributed by atoms with Crippen LogP contribution in [0.5, 0.6) is 0 Å². The molecule has 1 fully saturated rings. The Bertz CT molecular complexity index is 622. The number of anilines is 1. The molecule has 20 heavy (non-hydrogen) atoms. The first-order valence-electron chi connectivity index (χ1n) is 6.47. The maximum absolute atomic E-state index is 11.2. The fourth-order valence-corrected chi connectivity index (χ4v) is 3.29. The highest BCUT2D eigenvalue weighted by Gasteiger charge is 2.28. The molecule has 0 aromatic carbocycles. The van der Waals surface area contributed by atoms with Crippen LogP contribution in [-0.4, -0.2) is 41.7 Å². The number of rotatable bonds is 3. The van der Waals surface area contributed by atoms with Crippen molar-refractivity contribution in [1.29, 1.82) is 0 Å². The van der Waals surface area contributed by atoms with Gasteiger partial charge < -0.3 is 20.7 Å². The number of nitrogens with zero attached hydrogens (tertiary/aromatic N) is 3. The molecule has 1 unspecified atom stereocenters. The minimum absolute atomic E-state index is 0.0906. The van der Waals surface area contributed by atoms with Gasteiger partial charge in [0.15, 0.2) is 10.8 Å². The average Bonchev–Trinajstić information content (AvgIpc) is 3.11. The Labute approximate surface area is 120 Å². The standard InChI is InChI=1S/C12H17N5O2S/c1-19-12(18)14-8-2-3-16(7-8)10-9(6-13)17-4-5-20-11(17)15-10/h4-5,8H,2-3,6-7,13H2,1H3,(H,14,18). The fraction of sp³-hybridized carbons (Fsp3) is 0.500. The number of nitrogens with one attached hydrogen (secondary N) is 1. The van der Waals surface area contributed by atoms with Crippen LogP contribution >= 0.6 is 11.3 Å². The van der Waals surface area contributed by atoms with Gasteiger partial charge in [0.05, 0.1) is 18.8 Å². The average molecular weight is 295 g/mol. The number of carbonyl (C=O) groups is 1. The normalized spacial score (nSPS) is 18.7. The Kier molecular flexibility index (Phi) is 3.49. The summed E-state index contributed by atoms with van der Waals surface area (Å²) in [5, 5.41) is 4.82. The molecule has 2 aromatic rings. The smallest absolute Gasteiger partial charge is 0.407 e. The third-order valence-corrected chi connectivity index (χ3v) is 4.29. The minimum atomic E-state index is -0.387. The number of hydrogen-bond donors (Lipinski definition) is 2. The van der Waals surface area contributed by atoms with Crippen molar-refractivity contribution < 1.29 is 9.53 Å². The van der Waals surface area contributed by atoms with E-state index in [0.29, 0.717) is 6.54 Å². The van der Waals surface area contributed by atoms with Crippen molar-refractivity contribution in [1.82, 2.24) is 14.7 Å². The van der Waals surface area contributed by atoms with Crippen LogP contribution in [0.25, 0.3) is 4.96 Å². The Hall–Kier alpha value is -1.80. The van der Waals surface area contributed by atoms with Gasteiger partial charge in [0.1, 0.15) is 0 Å². The number of thiazole rings is 1. The fourth-order valence-electron chi connectivity index (χ4n) is 2.56. The van der Waals surface area contributed by atoms with Crippen LogP contribution in [0.2, 0.25) is 0 Å². The maximum atomic E-state index is 11.2. The molecular formula is C12H17N5O2S. The number of ether oxygens (including phenoxy) is 1. The summed E-state index contributed by atoms with van der Waals surface area (Å²) < 4.78 is 6.66. The van der Waals surface area contributed by atoms with Gasteiger partial charge in [-0.05, 0) is 6.42 Å². The quantitative estimate of drug-likeness (QED) is 0.874. The topological polar surface area (TPSA) is 84.9 Å². The van der Waals surface area contributed by atoms with Gasteiger partial charge in [-0.1, -0.05) is 0 Å². The largest absolute Gasteiger partial charge is 0.453 e. The molecule has 0 bridgehead atoms. The molecule has 3 heterocycles. The first kappa shape index (κ1) is 13.2. The molecule has 108 valence electrons. The molecule has 3 N–H and O–H groups in total. The summed E-state index contributed by atoms with van der Waals surface area (Å²) in [7, 11) is 1.37. The monoisotopic (exact) mass is 295 g/mol. The lowest BCUT2D eigenvalue weighted by Gasteiger charge is -2.17. The van der Waals surface area contributed by atoms with Gasteiger partial charge in [-0.25, -0.2) is 9.78 Å². The van der Waals surface area contributed by atoms with Gasteiger partial charge in [0, 0.05) is 31.2 Å². The van der Waals surface area contributed by atoms with E-state index in [1.54, 1.807) is 11.3 Å². The second-order valence-corrected chi connectivity index (χ2v) is 5.58. The number of amides is 1. The van der Waals surface area contributed by atoms with E-state index in [1.165, 1.54) is 7.11 Å². The Balaban J connectivity index is 1.78. The van der Waals surface area contributed by atoms with E-state index in [9.17, 15) is 4.79 Å². The third-order valence-electron chi connectivity index (χ3n) is 3.53. The van der Waals surface area contributed by atoms with E-state index in [4.69, 9.17) is 5.73 Å². The van der Waals surface area contributed by atoms with Crippen LogP contribution in [0.1, 0.15) is 12.1 Å². The molecule has 0 aliphatic carbocycles. The van der Waals surface area contributed by atoms with Crippen LogP contribution in [-0.2, 0) is 11.3 Å². The summed E-state index contributed by atoms with van der Waals surface area (Å²) in [6, 6.07) is 0.0906. The summed E-state index contributed by atoms with van der Waals surface area (Å²) in [5.41, 5.74) is 6.87. The zero-order valence-electron chi connectivity index (χ0n) is 11.2. The predicted molar refractivity (Wildman–Crippen MR) is 77.1 cm³/mol. The molecular weight excluding hydrogens is 278 g/mol. The molecule has 1 aliphatic rings. The highest BCUT2D eigenvalue weighted by atomic mass is 32.1. The zero-order chi connectivity index (χ0) is 14.1. The first-order chi connectivity index (χ1) is 9.72. The van der Waals surface area contributed by atoms with Gasteiger partial charge in [0.25, 0.3) is 0 Å². The van der Waals surface area contributed by atoms with E-state index in [1.807, 2.05) is 16.0 Å². The summed E-state index contributed by atoms with van der Waals surface area (Å²) in [6.45, 7) is 2.03. The second kappa shape index (κ2) is 5.29. The first-order valence-corrected chi connectivity index (χ1v) is 7.34. The van der Waals surface area contributed by atoms with Crippen molar-refractivity contribution in [2.45, 2.75) is 19.0 Å². The van der Waals surface area contributed by atoms with E-state index in [2.05, 4.69) is 19.9 Å². The Morgan fingerprint density at radius 1 is 1.70 bits per heavy atom. The molecule has 1 atom stereocenters. The summed E-state index contributed by atoms with van der Waals surface area (Å²) >= 11 is 1.59. The SMILES string of the molecule is COC(=O)NC1CCN(c2nc3sccn3c2CN)C1. The maximum Gasteiger partial charge on any atom is 0.407 e. The number of nitrogens with two attached hydrogens (primary N) is 1. The molecule has 0 saturated carbocycles. The van der Waals surface area contributed by atoms with Gasteiger partial charge in [0.2, 0.25) is 0 Å². The van der Waals surface area contributed by atoms with Crippen LogP contribution in [0.3, 0.4) is 0 Å². The lowest BCUT2D eigenvalue weighted by Crippen LogP contribution is -2.37. The van der Waals surface area contributed by atoms with Crippen LogP contribution in [0.4, 0.5) is 10.6 Å². The lowest BCUT2D eigenvalue weighted by atomic mass is 10.3. The lowest BCUT2D eigenvalue weighted by molar-refractivity contribution is 0.167. The predicted octanol–water partition coefficient (Wildman–Crippen LogP) is 0.789. The number of alkyl carbamates (subject to hydrolysis) is 1. The van der Waals surface area contributed by atoms with Crippen LogP contribution in [0, 0.1) is 0 Å². The number of carbonyl (C=O) groups excluding carboxylic acids is 1. The summed E-state index contributed by atoms with van der Waals surface area (Å²) in [5.74, 6) is 0.925. The second-order valence-electron chi connectivity index (χ2n) is 4.71. The highest BCUT2D eigenvalue weighted by molar-refractivity contribution is 7.15. The van der Waals surface area contributed by atoms with Crippen molar-refractivity contribution in [2.75, 3.05) is 25.1 Å². The summed E-state index contributed by atoms with van der Waals surface area (Å²) in [6.07, 6.45) is 2.48. The number of fused-ring (bicyclic) bond motifs is 1. The van der Waals surface area contributed by atoms with Crippen LogP contribution < -0.4 is 16.0 Å². The Morgan fingerprint density at radius 3 is 3.30 bits per heavy atom. The van der Waals surface area contributed by atoms with Crippen molar-refractivity contribution in [3.05, 3.63) is 17.3 Å². The molecule has 1 aliphatic heterocycles. The number of aromatic nitrogens is 2. The highest BCUT2D eigenvalue weighted by Crippen LogP contribution is 2.27. The summed E-state index contributed by atoms with van der Waals surface area (Å²) in [4.78, 5) is 19.0. The van der Waals surface area contributed by atoms with E-state index in [0.717, 1.165) is 36.0 Å². The Morgan fingerprint density at radius 2 is 2.55 bits per heavy atom. The van der Waals surface area contributed by atoms with E-state index >= 15 is 0 Å². The zero-order valence-corrected chi connectivity index (χ0v) is 12.0. The van der Waals surface area contributed by atoms with Crippen molar-refractivity contribution in [3.63, 3.8) is 0 Å². The molecule has 1 saturated heterocycles. The molecule has 7 nitrogen and oxygen atoms in total.